The summed E-state index contributed by atoms with van der Waals surface area (Å²) in [6.07, 6.45) is 16.9. The first-order chi connectivity index (χ1) is 20.8. The Bertz CT molecular complexity index is 1310. The van der Waals surface area contributed by atoms with Crippen molar-refractivity contribution >= 4 is 23.4 Å². The van der Waals surface area contributed by atoms with E-state index in [0.717, 1.165) is 63.5 Å². The van der Waals surface area contributed by atoms with Gasteiger partial charge in [-0.25, -0.2) is 0 Å². The Labute approximate surface area is 256 Å². The highest BCUT2D eigenvalue weighted by atomic mass is 16.2. The van der Waals surface area contributed by atoms with Crippen LogP contribution in [0.25, 0.3) is 0 Å². The summed E-state index contributed by atoms with van der Waals surface area (Å²) in [7, 11) is 1.75. The standard InChI is InChI=1S/C35H49N5O3/c1-34(17-9-18-34)23-36-33(43)35(19-6-7-20-35)26-12-8-13-27(22-26)38-32(42)30(39-31(41)28-16-21-37-40(28)2)29(25-14-15-25)24-10-4-3-5-11-24/h8,12-13,16,21-22,24-25,29-30H,3-7,9-11,14-15,17-20,23H2,1-2H3,(H,36,43)(H,38,42)(H,39,41)/t29?,30-/m0/s1. The van der Waals surface area contributed by atoms with Gasteiger partial charge in [-0.15, -0.1) is 0 Å². The summed E-state index contributed by atoms with van der Waals surface area (Å²) >= 11 is 0. The number of carbonyl (C=O) groups is 3. The number of hydrogen-bond acceptors (Lipinski definition) is 4. The molecule has 1 aromatic carbocycles. The number of hydrogen-bond donors (Lipinski definition) is 3. The van der Waals surface area contributed by atoms with E-state index < -0.39 is 11.5 Å². The number of aromatic nitrogens is 2. The second-order valence-electron chi connectivity index (χ2n) is 14.3. The summed E-state index contributed by atoms with van der Waals surface area (Å²) in [5, 5.41) is 13.8. The van der Waals surface area contributed by atoms with Gasteiger partial charge in [0.2, 0.25) is 11.8 Å². The van der Waals surface area contributed by atoms with E-state index in [2.05, 4.69) is 28.0 Å². The number of anilines is 1. The number of nitrogens with zero attached hydrogens (tertiary/aromatic N) is 2. The van der Waals surface area contributed by atoms with E-state index in [1.54, 1.807) is 24.0 Å². The van der Waals surface area contributed by atoms with Crippen molar-refractivity contribution in [2.24, 2.45) is 30.2 Å². The molecule has 1 heterocycles. The molecule has 4 fully saturated rings. The normalized spacial score (nSPS) is 22.7. The summed E-state index contributed by atoms with van der Waals surface area (Å²) in [5.74, 6) is 0.683. The van der Waals surface area contributed by atoms with Gasteiger partial charge in [0.15, 0.2) is 0 Å². The lowest BCUT2D eigenvalue weighted by atomic mass is 9.70. The van der Waals surface area contributed by atoms with Crippen LogP contribution in [0.3, 0.4) is 0 Å². The Morgan fingerprint density at radius 2 is 1.65 bits per heavy atom. The molecule has 6 rings (SSSR count). The molecule has 3 amide bonds. The van der Waals surface area contributed by atoms with Crippen LogP contribution in [0.4, 0.5) is 5.69 Å². The largest absolute Gasteiger partial charge is 0.355 e. The van der Waals surface area contributed by atoms with E-state index in [1.165, 1.54) is 38.5 Å². The van der Waals surface area contributed by atoms with Crippen LogP contribution in [-0.2, 0) is 22.1 Å². The van der Waals surface area contributed by atoms with Gasteiger partial charge in [-0.2, -0.15) is 5.10 Å². The molecule has 2 aromatic rings. The van der Waals surface area contributed by atoms with E-state index in [9.17, 15) is 14.4 Å². The van der Waals surface area contributed by atoms with Crippen molar-refractivity contribution in [1.29, 1.82) is 0 Å². The number of rotatable bonds is 11. The molecule has 3 N–H and O–H groups in total. The zero-order valence-electron chi connectivity index (χ0n) is 26.0. The molecule has 0 radical (unpaired) electrons. The van der Waals surface area contributed by atoms with Crippen molar-refractivity contribution in [1.82, 2.24) is 20.4 Å². The Kier molecular flexibility index (Phi) is 8.65. The van der Waals surface area contributed by atoms with Crippen molar-refractivity contribution in [3.8, 4) is 0 Å². The van der Waals surface area contributed by atoms with Crippen molar-refractivity contribution in [2.45, 2.75) is 108 Å². The lowest BCUT2D eigenvalue weighted by Crippen LogP contribution is -2.52. The number of amides is 3. The lowest BCUT2D eigenvalue weighted by Gasteiger charge is -2.39. The first kappa shape index (κ1) is 29.9. The molecular formula is C35H49N5O3. The van der Waals surface area contributed by atoms with Gasteiger partial charge >= 0.3 is 0 Å². The molecule has 232 valence electrons. The van der Waals surface area contributed by atoms with Gasteiger partial charge in [-0.05, 0) is 85.5 Å². The highest BCUT2D eigenvalue weighted by Crippen LogP contribution is 2.47. The molecule has 4 aliphatic carbocycles. The molecule has 0 saturated heterocycles. The van der Waals surface area contributed by atoms with E-state index >= 15 is 0 Å². The van der Waals surface area contributed by atoms with Crippen molar-refractivity contribution in [2.75, 3.05) is 11.9 Å². The third-order valence-corrected chi connectivity index (χ3v) is 11.2. The highest BCUT2D eigenvalue weighted by Gasteiger charge is 2.46. The van der Waals surface area contributed by atoms with E-state index in [4.69, 9.17) is 0 Å². The van der Waals surface area contributed by atoms with Crippen molar-refractivity contribution < 1.29 is 14.4 Å². The monoisotopic (exact) mass is 587 g/mol. The first-order valence-corrected chi connectivity index (χ1v) is 16.8. The number of aryl methyl sites for hydroxylation is 1. The SMILES string of the molecule is Cn1nccc1C(=O)N[C@H](C(=O)Nc1cccc(C2(C(=O)NCC3(C)CCC3)CCCC2)c1)C(C1CCCCC1)C1CC1. The Morgan fingerprint density at radius 1 is 0.930 bits per heavy atom. The summed E-state index contributed by atoms with van der Waals surface area (Å²) in [5.41, 5.74) is 1.76. The zero-order valence-corrected chi connectivity index (χ0v) is 26.0. The predicted octanol–water partition coefficient (Wildman–Crippen LogP) is 5.88. The molecule has 0 spiro atoms. The van der Waals surface area contributed by atoms with Crippen LogP contribution in [-0.4, -0.2) is 40.1 Å². The Hall–Kier alpha value is -3.16. The molecule has 1 unspecified atom stereocenters. The maximum atomic E-state index is 14.2. The smallest absolute Gasteiger partial charge is 0.270 e. The average molecular weight is 588 g/mol. The molecule has 1 aromatic heterocycles. The molecule has 43 heavy (non-hydrogen) atoms. The van der Waals surface area contributed by atoms with Crippen molar-refractivity contribution in [3.05, 3.63) is 47.8 Å². The van der Waals surface area contributed by atoms with Crippen LogP contribution < -0.4 is 16.0 Å². The third kappa shape index (κ3) is 6.39. The van der Waals surface area contributed by atoms with E-state index in [1.807, 2.05) is 24.3 Å². The summed E-state index contributed by atoms with van der Waals surface area (Å²) in [6.45, 7) is 2.99. The van der Waals surface area contributed by atoms with Crippen LogP contribution in [0.15, 0.2) is 36.5 Å². The van der Waals surface area contributed by atoms with Crippen LogP contribution in [0.2, 0.25) is 0 Å². The number of carbonyl (C=O) groups excluding carboxylic acids is 3. The predicted molar refractivity (Wildman–Crippen MR) is 167 cm³/mol. The summed E-state index contributed by atoms with van der Waals surface area (Å²) < 4.78 is 1.55. The van der Waals surface area contributed by atoms with Crippen molar-refractivity contribution in [3.63, 3.8) is 0 Å². The van der Waals surface area contributed by atoms with Gasteiger partial charge in [0.1, 0.15) is 11.7 Å². The fraction of sp³-hybridized carbons (Fsp3) is 0.657. The molecule has 8 heteroatoms. The fourth-order valence-electron chi connectivity index (χ4n) is 8.24. The molecular weight excluding hydrogens is 538 g/mol. The van der Waals surface area contributed by atoms with Gasteiger partial charge in [0.05, 0.1) is 5.41 Å². The van der Waals surface area contributed by atoms with Crippen LogP contribution >= 0.6 is 0 Å². The maximum absolute atomic E-state index is 14.2. The third-order valence-electron chi connectivity index (χ3n) is 11.2. The summed E-state index contributed by atoms with van der Waals surface area (Å²) in [4.78, 5) is 41.4. The minimum atomic E-state index is -0.631. The number of benzene rings is 1. The Balaban J connectivity index is 1.23. The molecule has 4 saturated carbocycles. The second-order valence-corrected chi connectivity index (χ2v) is 14.3. The van der Waals surface area contributed by atoms with Crippen LogP contribution in [0.5, 0.6) is 0 Å². The Morgan fingerprint density at radius 3 is 2.28 bits per heavy atom. The van der Waals surface area contributed by atoms with Crippen LogP contribution in [0, 0.1) is 23.2 Å². The lowest BCUT2D eigenvalue weighted by molar-refractivity contribution is -0.127. The van der Waals surface area contributed by atoms with Gasteiger partial charge in [-0.3, -0.25) is 19.1 Å². The van der Waals surface area contributed by atoms with Crippen LogP contribution in [0.1, 0.15) is 113 Å². The molecule has 2 atom stereocenters. The minimum Gasteiger partial charge on any atom is -0.355 e. The van der Waals surface area contributed by atoms with Gasteiger partial charge in [0.25, 0.3) is 5.91 Å². The second kappa shape index (κ2) is 12.4. The summed E-state index contributed by atoms with van der Waals surface area (Å²) in [6, 6.07) is 8.97. The van der Waals surface area contributed by atoms with Gasteiger partial charge < -0.3 is 16.0 Å². The number of nitrogens with one attached hydrogen (secondary N) is 3. The first-order valence-electron chi connectivity index (χ1n) is 16.8. The molecule has 4 aliphatic rings. The maximum Gasteiger partial charge on any atom is 0.270 e. The minimum absolute atomic E-state index is 0.112. The fourth-order valence-corrected chi connectivity index (χ4v) is 8.24. The zero-order chi connectivity index (χ0) is 30.0. The molecule has 0 aliphatic heterocycles. The quantitative estimate of drug-likeness (QED) is 0.305. The molecule has 0 bridgehead atoms. The van der Waals surface area contributed by atoms with Gasteiger partial charge in [-0.1, -0.05) is 70.4 Å². The van der Waals surface area contributed by atoms with Gasteiger partial charge in [0, 0.05) is 25.5 Å². The van der Waals surface area contributed by atoms with E-state index in [0.29, 0.717) is 23.2 Å². The topological polar surface area (TPSA) is 105 Å². The van der Waals surface area contributed by atoms with E-state index in [-0.39, 0.29) is 29.1 Å². The highest BCUT2D eigenvalue weighted by molar-refractivity contribution is 6.01. The average Bonchev–Trinajstić information content (AvgIpc) is 3.52. The molecule has 8 nitrogen and oxygen atoms in total.